The van der Waals surface area contributed by atoms with Crippen LogP contribution in [0.5, 0.6) is 0 Å². The number of ether oxygens (including phenoxy) is 1. The van der Waals surface area contributed by atoms with E-state index < -0.39 is 0 Å². The molecule has 1 rings (SSSR count). The molecule has 0 aromatic heterocycles. The fourth-order valence-corrected chi connectivity index (χ4v) is 1.58. The molecule has 0 unspecified atom stereocenters. The molecule has 0 heterocycles. The van der Waals surface area contributed by atoms with Gasteiger partial charge in [0.15, 0.2) is 0 Å². The lowest BCUT2D eigenvalue weighted by atomic mass is 10.2. The van der Waals surface area contributed by atoms with Crippen LogP contribution in [0.3, 0.4) is 0 Å². The normalized spacial score (nSPS) is 9.94. The third-order valence-corrected chi connectivity index (χ3v) is 2.81. The van der Waals surface area contributed by atoms with E-state index in [1.807, 2.05) is 6.92 Å². The largest absolute Gasteiger partial charge is 0.466 e. The second-order valence-corrected chi connectivity index (χ2v) is 4.17. The summed E-state index contributed by atoms with van der Waals surface area (Å²) in [6.07, 6.45) is 0.185. The standard InChI is InChI=1S/C13H16ClNO3/c1-3-18-13(17)8-7-12(16)15-11-6-4-5-10(14)9(11)2/h4-6H,3,7-8H2,1-2H3,(H,15,16). The van der Waals surface area contributed by atoms with E-state index in [-0.39, 0.29) is 24.7 Å². The predicted molar refractivity (Wildman–Crippen MR) is 70.7 cm³/mol. The van der Waals surface area contributed by atoms with E-state index >= 15 is 0 Å². The Bertz CT molecular complexity index is 446. The molecule has 4 nitrogen and oxygen atoms in total. The van der Waals surface area contributed by atoms with E-state index in [0.717, 1.165) is 5.56 Å². The Hall–Kier alpha value is -1.55. The zero-order valence-corrected chi connectivity index (χ0v) is 11.2. The van der Waals surface area contributed by atoms with Crippen molar-refractivity contribution in [3.63, 3.8) is 0 Å². The minimum atomic E-state index is -0.365. The number of rotatable bonds is 5. The molecule has 1 aromatic carbocycles. The van der Waals surface area contributed by atoms with Crippen molar-refractivity contribution in [2.24, 2.45) is 0 Å². The fraction of sp³-hybridized carbons (Fsp3) is 0.385. The van der Waals surface area contributed by atoms with E-state index in [9.17, 15) is 9.59 Å². The van der Waals surface area contributed by atoms with Crippen LogP contribution in [0.2, 0.25) is 5.02 Å². The number of esters is 1. The van der Waals surface area contributed by atoms with Crippen LogP contribution in [0.25, 0.3) is 0 Å². The van der Waals surface area contributed by atoms with Crippen LogP contribution in [-0.2, 0) is 14.3 Å². The van der Waals surface area contributed by atoms with Crippen LogP contribution in [0.4, 0.5) is 5.69 Å². The molecule has 0 aliphatic carbocycles. The van der Waals surface area contributed by atoms with Crippen molar-refractivity contribution in [3.05, 3.63) is 28.8 Å². The van der Waals surface area contributed by atoms with Gasteiger partial charge in [0.05, 0.1) is 13.0 Å². The van der Waals surface area contributed by atoms with E-state index in [2.05, 4.69) is 5.32 Å². The highest BCUT2D eigenvalue weighted by Gasteiger charge is 2.09. The topological polar surface area (TPSA) is 55.4 Å². The van der Waals surface area contributed by atoms with Gasteiger partial charge in [0.2, 0.25) is 5.91 Å². The average Bonchev–Trinajstić information content (AvgIpc) is 2.33. The van der Waals surface area contributed by atoms with Gasteiger partial charge in [-0.25, -0.2) is 0 Å². The molecule has 0 atom stereocenters. The summed E-state index contributed by atoms with van der Waals surface area (Å²) in [5, 5.41) is 3.31. The lowest BCUT2D eigenvalue weighted by molar-refractivity contribution is -0.144. The monoisotopic (exact) mass is 269 g/mol. The first-order chi connectivity index (χ1) is 8.54. The lowest BCUT2D eigenvalue weighted by Crippen LogP contribution is -2.15. The van der Waals surface area contributed by atoms with Gasteiger partial charge in [0, 0.05) is 17.1 Å². The molecular weight excluding hydrogens is 254 g/mol. The number of anilines is 1. The van der Waals surface area contributed by atoms with Crippen molar-refractivity contribution in [2.45, 2.75) is 26.7 Å². The number of halogens is 1. The summed E-state index contributed by atoms with van der Waals surface area (Å²) in [6.45, 7) is 3.88. The number of hydrogen-bond donors (Lipinski definition) is 1. The number of amides is 1. The zero-order chi connectivity index (χ0) is 13.5. The Kier molecular flexibility index (Phi) is 5.65. The van der Waals surface area contributed by atoms with Crippen molar-refractivity contribution >= 4 is 29.2 Å². The van der Waals surface area contributed by atoms with E-state index in [4.69, 9.17) is 16.3 Å². The van der Waals surface area contributed by atoms with Crippen LogP contribution in [0.15, 0.2) is 18.2 Å². The number of carbonyl (C=O) groups excluding carboxylic acids is 2. The second-order valence-electron chi connectivity index (χ2n) is 3.77. The number of nitrogens with one attached hydrogen (secondary N) is 1. The molecular formula is C13H16ClNO3. The van der Waals surface area contributed by atoms with Crippen LogP contribution in [0, 0.1) is 6.92 Å². The molecule has 5 heteroatoms. The van der Waals surface area contributed by atoms with Gasteiger partial charge < -0.3 is 10.1 Å². The molecule has 0 saturated heterocycles. The first-order valence-corrected chi connectivity index (χ1v) is 6.13. The number of hydrogen-bond acceptors (Lipinski definition) is 3. The maximum absolute atomic E-state index is 11.6. The molecule has 18 heavy (non-hydrogen) atoms. The van der Waals surface area contributed by atoms with Gasteiger partial charge in [-0.3, -0.25) is 9.59 Å². The summed E-state index contributed by atoms with van der Waals surface area (Å²) in [4.78, 5) is 22.7. The van der Waals surface area contributed by atoms with Crippen LogP contribution >= 0.6 is 11.6 Å². The molecule has 0 bridgehead atoms. The smallest absolute Gasteiger partial charge is 0.306 e. The Labute approximate surface area is 111 Å². The Morgan fingerprint density at radius 3 is 2.72 bits per heavy atom. The quantitative estimate of drug-likeness (QED) is 0.836. The first kappa shape index (κ1) is 14.5. The van der Waals surface area contributed by atoms with Gasteiger partial charge in [0.25, 0.3) is 0 Å². The van der Waals surface area contributed by atoms with E-state index in [1.165, 1.54) is 0 Å². The SMILES string of the molecule is CCOC(=O)CCC(=O)Nc1cccc(Cl)c1C. The Morgan fingerprint density at radius 1 is 1.33 bits per heavy atom. The van der Waals surface area contributed by atoms with Gasteiger partial charge in [-0.1, -0.05) is 17.7 Å². The van der Waals surface area contributed by atoms with Crippen molar-refractivity contribution in [1.82, 2.24) is 0 Å². The molecule has 0 spiro atoms. The third-order valence-electron chi connectivity index (χ3n) is 2.40. The van der Waals surface area contributed by atoms with Crippen molar-refractivity contribution < 1.29 is 14.3 Å². The number of carbonyl (C=O) groups is 2. The molecule has 0 aliphatic heterocycles. The molecule has 0 radical (unpaired) electrons. The molecule has 0 saturated carbocycles. The van der Waals surface area contributed by atoms with Crippen LogP contribution < -0.4 is 5.32 Å². The molecule has 1 amide bonds. The first-order valence-electron chi connectivity index (χ1n) is 5.75. The highest BCUT2D eigenvalue weighted by molar-refractivity contribution is 6.31. The van der Waals surface area contributed by atoms with Crippen molar-refractivity contribution in [3.8, 4) is 0 Å². The minimum Gasteiger partial charge on any atom is -0.466 e. The van der Waals surface area contributed by atoms with Gasteiger partial charge in [-0.15, -0.1) is 0 Å². The van der Waals surface area contributed by atoms with E-state index in [0.29, 0.717) is 17.3 Å². The summed E-state index contributed by atoms with van der Waals surface area (Å²) >= 11 is 5.94. The molecule has 98 valence electrons. The molecule has 1 N–H and O–H groups in total. The minimum absolute atomic E-state index is 0.0826. The number of benzene rings is 1. The summed E-state index contributed by atoms with van der Waals surface area (Å²) in [6, 6.07) is 5.28. The lowest BCUT2D eigenvalue weighted by Gasteiger charge is -2.09. The van der Waals surface area contributed by atoms with Gasteiger partial charge in [0.1, 0.15) is 0 Å². The highest BCUT2D eigenvalue weighted by Crippen LogP contribution is 2.23. The van der Waals surface area contributed by atoms with Crippen LogP contribution in [-0.4, -0.2) is 18.5 Å². The van der Waals surface area contributed by atoms with E-state index in [1.54, 1.807) is 25.1 Å². The maximum Gasteiger partial charge on any atom is 0.306 e. The second kappa shape index (κ2) is 7.01. The highest BCUT2D eigenvalue weighted by atomic mass is 35.5. The summed E-state index contributed by atoms with van der Waals surface area (Å²) < 4.78 is 4.75. The van der Waals surface area contributed by atoms with Crippen molar-refractivity contribution in [2.75, 3.05) is 11.9 Å². The fourth-order valence-electron chi connectivity index (χ4n) is 1.40. The summed E-state index contributed by atoms with van der Waals surface area (Å²) in [7, 11) is 0. The third kappa shape index (κ3) is 4.37. The maximum atomic E-state index is 11.6. The van der Waals surface area contributed by atoms with Gasteiger partial charge in [-0.05, 0) is 31.5 Å². The Balaban J connectivity index is 2.50. The Morgan fingerprint density at radius 2 is 2.06 bits per heavy atom. The van der Waals surface area contributed by atoms with Crippen LogP contribution in [0.1, 0.15) is 25.3 Å². The molecule has 0 aliphatic rings. The average molecular weight is 270 g/mol. The molecule has 0 fully saturated rings. The molecule has 1 aromatic rings. The van der Waals surface area contributed by atoms with Crippen molar-refractivity contribution in [1.29, 1.82) is 0 Å². The summed E-state index contributed by atoms with van der Waals surface area (Å²) in [5.74, 6) is -0.594. The van der Waals surface area contributed by atoms with Gasteiger partial charge >= 0.3 is 5.97 Å². The van der Waals surface area contributed by atoms with Gasteiger partial charge in [-0.2, -0.15) is 0 Å². The predicted octanol–water partition coefficient (Wildman–Crippen LogP) is 2.93. The zero-order valence-electron chi connectivity index (χ0n) is 10.5. The summed E-state index contributed by atoms with van der Waals surface area (Å²) in [5.41, 5.74) is 1.47.